The van der Waals surface area contributed by atoms with E-state index in [9.17, 15) is 0 Å². The van der Waals surface area contributed by atoms with Crippen molar-refractivity contribution in [2.45, 2.75) is 65.5 Å². The molecule has 0 bridgehead atoms. The molecule has 0 atom stereocenters. The zero-order valence-corrected chi connectivity index (χ0v) is 17.8. The molecule has 0 aromatic rings. The van der Waals surface area contributed by atoms with Crippen LogP contribution in [0.1, 0.15) is 53.4 Å². The molecule has 0 radical (unpaired) electrons. The lowest BCUT2D eigenvalue weighted by Crippen LogP contribution is -2.49. The van der Waals surface area contributed by atoms with E-state index in [0.29, 0.717) is 17.6 Å². The largest absolute Gasteiger partial charge is 0.379 e. The summed E-state index contributed by atoms with van der Waals surface area (Å²) in [6.45, 7) is 17.2. The Morgan fingerprint density at radius 2 is 1.64 bits per heavy atom. The SMILES string of the molecule is CC(C)OCC1CC2(CCN(CCN(C)CCN(C)C(C)C)CC2)C1. The van der Waals surface area contributed by atoms with E-state index in [1.807, 2.05) is 0 Å². The molecule has 0 aromatic heterocycles. The average Bonchev–Trinajstić information content (AvgIpc) is 2.54. The minimum absolute atomic E-state index is 0.385. The number of rotatable bonds is 10. The minimum atomic E-state index is 0.385. The van der Waals surface area contributed by atoms with E-state index in [0.717, 1.165) is 19.1 Å². The Morgan fingerprint density at radius 3 is 2.20 bits per heavy atom. The van der Waals surface area contributed by atoms with Crippen LogP contribution in [0.5, 0.6) is 0 Å². The number of piperidine rings is 1. The standard InChI is InChI=1S/C21H43N3O/c1-18(2)23(6)13-11-22(5)12-14-24-9-7-21(8-10-24)15-20(16-21)17-25-19(3)4/h18-20H,7-17H2,1-6H3. The van der Waals surface area contributed by atoms with Crippen molar-refractivity contribution in [2.24, 2.45) is 11.3 Å². The maximum absolute atomic E-state index is 5.80. The molecule has 2 fully saturated rings. The lowest BCUT2D eigenvalue weighted by Gasteiger charge is -2.52. The van der Waals surface area contributed by atoms with E-state index in [2.05, 4.69) is 56.5 Å². The molecule has 2 aliphatic rings. The van der Waals surface area contributed by atoms with E-state index in [4.69, 9.17) is 4.74 Å². The van der Waals surface area contributed by atoms with Crippen molar-refractivity contribution in [1.29, 1.82) is 0 Å². The van der Waals surface area contributed by atoms with E-state index in [1.54, 1.807) is 0 Å². The van der Waals surface area contributed by atoms with Gasteiger partial charge in [0, 0.05) is 38.8 Å². The molecule has 4 heteroatoms. The monoisotopic (exact) mass is 353 g/mol. The van der Waals surface area contributed by atoms with E-state index < -0.39 is 0 Å². The average molecular weight is 354 g/mol. The predicted molar refractivity (Wildman–Crippen MR) is 107 cm³/mol. The highest BCUT2D eigenvalue weighted by Gasteiger charge is 2.45. The fraction of sp³-hybridized carbons (Fsp3) is 1.00. The highest BCUT2D eigenvalue weighted by molar-refractivity contribution is 4.97. The number of hydrogen-bond acceptors (Lipinski definition) is 4. The van der Waals surface area contributed by atoms with Crippen LogP contribution in [0.15, 0.2) is 0 Å². The quantitative estimate of drug-likeness (QED) is 0.600. The first kappa shape index (κ1) is 21.1. The first-order valence-electron chi connectivity index (χ1n) is 10.5. The van der Waals surface area contributed by atoms with Gasteiger partial charge in [0.25, 0.3) is 0 Å². The highest BCUT2D eigenvalue weighted by Crippen LogP contribution is 2.52. The summed E-state index contributed by atoms with van der Waals surface area (Å²) in [7, 11) is 4.49. The second kappa shape index (κ2) is 9.68. The maximum Gasteiger partial charge on any atom is 0.0519 e. The van der Waals surface area contributed by atoms with Crippen molar-refractivity contribution in [2.75, 3.05) is 60.0 Å². The molecule has 1 aliphatic carbocycles. The third-order valence-electron chi connectivity index (χ3n) is 6.54. The molecule has 0 N–H and O–H groups in total. The summed E-state index contributed by atoms with van der Waals surface area (Å²) in [6.07, 6.45) is 6.02. The third-order valence-corrected chi connectivity index (χ3v) is 6.54. The highest BCUT2D eigenvalue weighted by atomic mass is 16.5. The van der Waals surface area contributed by atoms with Gasteiger partial charge in [-0.3, -0.25) is 0 Å². The van der Waals surface area contributed by atoms with Gasteiger partial charge in [-0.25, -0.2) is 0 Å². The molecule has 0 aromatic carbocycles. The van der Waals surface area contributed by atoms with Gasteiger partial charge in [-0.2, -0.15) is 0 Å². The van der Waals surface area contributed by atoms with Gasteiger partial charge in [0.15, 0.2) is 0 Å². The van der Waals surface area contributed by atoms with Gasteiger partial charge in [-0.05, 0) is 91.9 Å². The number of ether oxygens (including phenoxy) is 1. The third kappa shape index (κ3) is 6.82. The molecular weight excluding hydrogens is 310 g/mol. The van der Waals surface area contributed by atoms with E-state index in [1.165, 1.54) is 58.4 Å². The van der Waals surface area contributed by atoms with Gasteiger partial charge in [0.05, 0.1) is 6.10 Å². The molecule has 1 aliphatic heterocycles. The van der Waals surface area contributed by atoms with Crippen LogP contribution in [-0.4, -0.2) is 86.8 Å². The molecule has 1 spiro atoms. The molecular formula is C21H43N3O. The lowest BCUT2D eigenvalue weighted by molar-refractivity contribution is -0.0613. The Labute approximate surface area is 156 Å². The topological polar surface area (TPSA) is 19.0 Å². The molecule has 1 saturated heterocycles. The van der Waals surface area contributed by atoms with Crippen LogP contribution in [0.25, 0.3) is 0 Å². The summed E-state index contributed by atoms with van der Waals surface area (Å²) in [5.41, 5.74) is 0.674. The first-order valence-corrected chi connectivity index (χ1v) is 10.5. The number of likely N-dealkylation sites (N-methyl/N-ethyl adjacent to an activating group) is 2. The van der Waals surface area contributed by atoms with Crippen molar-refractivity contribution in [3.05, 3.63) is 0 Å². The second-order valence-corrected chi connectivity index (χ2v) is 9.38. The zero-order chi connectivity index (χ0) is 18.4. The Bertz CT molecular complexity index is 369. The van der Waals surface area contributed by atoms with Crippen LogP contribution in [0.2, 0.25) is 0 Å². The summed E-state index contributed by atoms with van der Waals surface area (Å²) >= 11 is 0. The Hall–Kier alpha value is -0.160. The number of likely N-dealkylation sites (tertiary alicyclic amines) is 1. The van der Waals surface area contributed by atoms with Gasteiger partial charge in [0.1, 0.15) is 0 Å². The van der Waals surface area contributed by atoms with Crippen molar-refractivity contribution in [1.82, 2.24) is 14.7 Å². The number of nitrogens with zero attached hydrogens (tertiary/aromatic N) is 3. The molecule has 25 heavy (non-hydrogen) atoms. The van der Waals surface area contributed by atoms with Gasteiger partial charge in [-0.15, -0.1) is 0 Å². The minimum Gasteiger partial charge on any atom is -0.379 e. The summed E-state index contributed by atoms with van der Waals surface area (Å²) in [6, 6.07) is 0.643. The summed E-state index contributed by atoms with van der Waals surface area (Å²) in [5, 5.41) is 0. The van der Waals surface area contributed by atoms with Crippen LogP contribution in [-0.2, 0) is 4.74 Å². The Kier molecular flexibility index (Phi) is 8.19. The molecule has 148 valence electrons. The second-order valence-electron chi connectivity index (χ2n) is 9.38. The van der Waals surface area contributed by atoms with E-state index >= 15 is 0 Å². The Morgan fingerprint density at radius 1 is 1.00 bits per heavy atom. The van der Waals surface area contributed by atoms with Crippen LogP contribution in [0.3, 0.4) is 0 Å². The van der Waals surface area contributed by atoms with Gasteiger partial charge in [-0.1, -0.05) is 0 Å². The van der Waals surface area contributed by atoms with Crippen LogP contribution in [0, 0.1) is 11.3 Å². The van der Waals surface area contributed by atoms with Gasteiger partial charge >= 0.3 is 0 Å². The smallest absolute Gasteiger partial charge is 0.0519 e. The summed E-state index contributed by atoms with van der Waals surface area (Å²) < 4.78 is 5.80. The van der Waals surface area contributed by atoms with Crippen molar-refractivity contribution in [3.8, 4) is 0 Å². The molecule has 4 nitrogen and oxygen atoms in total. The van der Waals surface area contributed by atoms with Gasteiger partial charge in [0.2, 0.25) is 0 Å². The fourth-order valence-electron chi connectivity index (χ4n) is 4.28. The van der Waals surface area contributed by atoms with Crippen molar-refractivity contribution >= 4 is 0 Å². The lowest BCUT2D eigenvalue weighted by atomic mass is 9.58. The van der Waals surface area contributed by atoms with Crippen molar-refractivity contribution < 1.29 is 4.74 Å². The van der Waals surface area contributed by atoms with Gasteiger partial charge < -0.3 is 19.4 Å². The van der Waals surface area contributed by atoms with Crippen LogP contribution in [0.4, 0.5) is 0 Å². The van der Waals surface area contributed by atoms with Crippen LogP contribution >= 0.6 is 0 Å². The first-order chi connectivity index (χ1) is 11.8. The maximum atomic E-state index is 5.80. The molecule has 1 saturated carbocycles. The predicted octanol–water partition coefficient (Wildman–Crippen LogP) is 3.18. The van der Waals surface area contributed by atoms with E-state index in [-0.39, 0.29) is 0 Å². The normalized spacial score (nSPS) is 21.8. The number of hydrogen-bond donors (Lipinski definition) is 0. The summed E-state index contributed by atoms with van der Waals surface area (Å²) in [5.74, 6) is 0.832. The van der Waals surface area contributed by atoms with Crippen molar-refractivity contribution in [3.63, 3.8) is 0 Å². The fourth-order valence-corrected chi connectivity index (χ4v) is 4.28. The zero-order valence-electron chi connectivity index (χ0n) is 17.8. The summed E-state index contributed by atoms with van der Waals surface area (Å²) in [4.78, 5) is 7.61. The molecule has 1 heterocycles. The molecule has 0 amide bonds. The van der Waals surface area contributed by atoms with Crippen LogP contribution < -0.4 is 0 Å². The molecule has 2 rings (SSSR count). The molecule has 0 unspecified atom stereocenters. The Balaban J connectivity index is 1.56.